The number of nitrogens with two attached hydrogens (primary N) is 1. The largest absolute Gasteiger partial charge is 0.324 e. The molecular formula is C16H16IN3. The Morgan fingerprint density at radius 2 is 1.85 bits per heavy atom. The quantitative estimate of drug-likeness (QED) is 0.711. The second-order valence-electron chi connectivity index (χ2n) is 4.95. The summed E-state index contributed by atoms with van der Waals surface area (Å²) in [6.45, 7) is 0. The van der Waals surface area contributed by atoms with Crippen molar-refractivity contribution in [2.24, 2.45) is 12.8 Å². The van der Waals surface area contributed by atoms with Crippen molar-refractivity contribution in [1.29, 1.82) is 0 Å². The third-order valence-electron chi connectivity index (χ3n) is 3.55. The first kappa shape index (κ1) is 13.6. The molecule has 4 heteroatoms. The van der Waals surface area contributed by atoms with Gasteiger partial charge in [-0.1, -0.05) is 30.3 Å². The maximum absolute atomic E-state index is 6.33. The van der Waals surface area contributed by atoms with E-state index >= 15 is 0 Å². The van der Waals surface area contributed by atoms with Crippen LogP contribution in [-0.4, -0.2) is 9.78 Å². The van der Waals surface area contributed by atoms with Crippen molar-refractivity contribution < 1.29 is 0 Å². The summed E-state index contributed by atoms with van der Waals surface area (Å²) in [6, 6.07) is 16.6. The van der Waals surface area contributed by atoms with E-state index in [1.165, 1.54) is 8.96 Å². The summed E-state index contributed by atoms with van der Waals surface area (Å²) in [5, 5.41) is 5.80. The molecule has 0 bridgehead atoms. The highest BCUT2D eigenvalue weighted by Crippen LogP contribution is 2.23. The smallest absolute Gasteiger partial charge is 0.0722 e. The molecule has 3 rings (SSSR count). The van der Waals surface area contributed by atoms with Crippen LogP contribution in [-0.2, 0) is 13.5 Å². The summed E-state index contributed by atoms with van der Waals surface area (Å²) >= 11 is 2.30. The Balaban J connectivity index is 1.91. The van der Waals surface area contributed by atoms with Crippen LogP contribution in [0.2, 0.25) is 0 Å². The third kappa shape index (κ3) is 2.58. The van der Waals surface area contributed by atoms with Gasteiger partial charge in [-0.05, 0) is 46.4 Å². The van der Waals surface area contributed by atoms with E-state index in [0.29, 0.717) is 0 Å². The molecule has 0 radical (unpaired) electrons. The highest BCUT2D eigenvalue weighted by molar-refractivity contribution is 14.1. The minimum Gasteiger partial charge on any atom is -0.324 e. The predicted octanol–water partition coefficient (Wildman–Crippen LogP) is 3.42. The van der Waals surface area contributed by atoms with Gasteiger partial charge >= 0.3 is 0 Å². The summed E-state index contributed by atoms with van der Waals surface area (Å²) in [7, 11) is 1.97. The molecule has 0 fully saturated rings. The summed E-state index contributed by atoms with van der Waals surface area (Å²) in [5.41, 5.74) is 9.69. The molecule has 0 saturated carbocycles. The average Bonchev–Trinajstić information content (AvgIpc) is 2.77. The standard InChI is InChI=1S/C16H16IN3/c1-20-16-5-3-2-4-13(16)15(19-20)10-14(18)11-6-8-12(17)9-7-11/h2-9,14H,10,18H2,1H3. The lowest BCUT2D eigenvalue weighted by molar-refractivity contribution is 0.682. The lowest BCUT2D eigenvalue weighted by atomic mass is 10.0. The Kier molecular flexibility index (Phi) is 3.76. The molecule has 0 saturated heterocycles. The Hall–Kier alpha value is -1.40. The van der Waals surface area contributed by atoms with E-state index in [4.69, 9.17) is 5.73 Å². The number of aromatic nitrogens is 2. The van der Waals surface area contributed by atoms with Gasteiger partial charge in [0.15, 0.2) is 0 Å². The number of benzene rings is 2. The van der Waals surface area contributed by atoms with Crippen LogP contribution in [0.25, 0.3) is 10.9 Å². The summed E-state index contributed by atoms with van der Waals surface area (Å²) < 4.78 is 3.15. The molecule has 1 aromatic heterocycles. The summed E-state index contributed by atoms with van der Waals surface area (Å²) in [4.78, 5) is 0. The molecule has 2 N–H and O–H groups in total. The number of aryl methyl sites for hydroxylation is 1. The van der Waals surface area contributed by atoms with Gasteiger partial charge in [0.2, 0.25) is 0 Å². The Bertz CT molecular complexity index is 731. The maximum Gasteiger partial charge on any atom is 0.0722 e. The topological polar surface area (TPSA) is 43.8 Å². The summed E-state index contributed by atoms with van der Waals surface area (Å²) in [6.07, 6.45) is 0.752. The molecule has 1 heterocycles. The van der Waals surface area contributed by atoms with E-state index in [1.54, 1.807) is 0 Å². The molecule has 3 aromatic rings. The van der Waals surface area contributed by atoms with Gasteiger partial charge in [0.05, 0.1) is 11.2 Å². The van der Waals surface area contributed by atoms with Crippen LogP contribution < -0.4 is 5.73 Å². The number of para-hydroxylation sites is 1. The monoisotopic (exact) mass is 377 g/mol. The molecule has 0 aliphatic heterocycles. The first-order chi connectivity index (χ1) is 9.65. The molecule has 102 valence electrons. The number of hydrogen-bond donors (Lipinski definition) is 1. The van der Waals surface area contributed by atoms with E-state index in [0.717, 1.165) is 23.2 Å². The van der Waals surface area contributed by atoms with Gasteiger partial charge in [-0.15, -0.1) is 0 Å². The van der Waals surface area contributed by atoms with Crippen LogP contribution in [0.3, 0.4) is 0 Å². The number of nitrogens with zero attached hydrogens (tertiary/aromatic N) is 2. The van der Waals surface area contributed by atoms with Crippen molar-refractivity contribution >= 4 is 33.5 Å². The first-order valence-electron chi connectivity index (χ1n) is 6.57. The van der Waals surface area contributed by atoms with Gasteiger partial charge < -0.3 is 5.73 Å². The average molecular weight is 377 g/mol. The van der Waals surface area contributed by atoms with E-state index in [9.17, 15) is 0 Å². The van der Waals surface area contributed by atoms with Gasteiger partial charge in [-0.3, -0.25) is 4.68 Å². The minimum atomic E-state index is -0.0229. The van der Waals surface area contributed by atoms with Gasteiger partial charge in [-0.25, -0.2) is 0 Å². The molecule has 0 aliphatic carbocycles. The van der Waals surface area contributed by atoms with Crippen molar-refractivity contribution in [2.75, 3.05) is 0 Å². The highest BCUT2D eigenvalue weighted by Gasteiger charge is 2.13. The highest BCUT2D eigenvalue weighted by atomic mass is 127. The van der Waals surface area contributed by atoms with Crippen molar-refractivity contribution in [2.45, 2.75) is 12.5 Å². The molecule has 1 atom stereocenters. The van der Waals surface area contributed by atoms with E-state index in [2.05, 4.69) is 64.1 Å². The van der Waals surface area contributed by atoms with Crippen LogP contribution in [0.1, 0.15) is 17.3 Å². The number of rotatable bonds is 3. The van der Waals surface area contributed by atoms with Gasteiger partial charge in [0, 0.05) is 28.5 Å². The van der Waals surface area contributed by atoms with Gasteiger partial charge in [0.1, 0.15) is 0 Å². The van der Waals surface area contributed by atoms with E-state index in [1.807, 2.05) is 23.9 Å². The lowest BCUT2D eigenvalue weighted by Crippen LogP contribution is -2.14. The SMILES string of the molecule is Cn1nc(CC(N)c2ccc(I)cc2)c2ccccc21. The minimum absolute atomic E-state index is 0.0229. The first-order valence-corrected chi connectivity index (χ1v) is 7.64. The second kappa shape index (κ2) is 5.54. The molecule has 2 aromatic carbocycles. The molecule has 1 unspecified atom stereocenters. The lowest BCUT2D eigenvalue weighted by Gasteiger charge is -2.10. The van der Waals surface area contributed by atoms with Crippen molar-refractivity contribution in [3.63, 3.8) is 0 Å². The predicted molar refractivity (Wildman–Crippen MR) is 90.5 cm³/mol. The maximum atomic E-state index is 6.33. The fourth-order valence-corrected chi connectivity index (χ4v) is 2.84. The van der Waals surface area contributed by atoms with Gasteiger partial charge in [0.25, 0.3) is 0 Å². The normalized spacial score (nSPS) is 12.8. The van der Waals surface area contributed by atoms with Crippen molar-refractivity contribution in [3.05, 3.63) is 63.4 Å². The molecule has 0 aliphatic rings. The van der Waals surface area contributed by atoms with Crippen molar-refractivity contribution in [3.8, 4) is 0 Å². The van der Waals surface area contributed by atoms with Crippen LogP contribution >= 0.6 is 22.6 Å². The number of hydrogen-bond acceptors (Lipinski definition) is 2. The molecule has 20 heavy (non-hydrogen) atoms. The van der Waals surface area contributed by atoms with Crippen LogP contribution in [0.15, 0.2) is 48.5 Å². The Morgan fingerprint density at radius 3 is 2.60 bits per heavy atom. The third-order valence-corrected chi connectivity index (χ3v) is 4.26. The molecule has 3 nitrogen and oxygen atoms in total. The van der Waals surface area contributed by atoms with Crippen LogP contribution in [0.4, 0.5) is 0 Å². The second-order valence-corrected chi connectivity index (χ2v) is 6.20. The Morgan fingerprint density at radius 1 is 1.15 bits per heavy atom. The molecule has 0 amide bonds. The fourth-order valence-electron chi connectivity index (χ4n) is 2.48. The van der Waals surface area contributed by atoms with Crippen molar-refractivity contribution in [1.82, 2.24) is 9.78 Å². The van der Waals surface area contributed by atoms with Gasteiger partial charge in [-0.2, -0.15) is 5.10 Å². The van der Waals surface area contributed by atoms with E-state index < -0.39 is 0 Å². The molecule has 0 spiro atoms. The van der Waals surface area contributed by atoms with Crippen LogP contribution in [0.5, 0.6) is 0 Å². The Labute approximate surface area is 131 Å². The zero-order valence-corrected chi connectivity index (χ0v) is 13.4. The van der Waals surface area contributed by atoms with Crippen LogP contribution in [0, 0.1) is 3.57 Å². The number of halogens is 1. The molecular weight excluding hydrogens is 361 g/mol. The van der Waals surface area contributed by atoms with E-state index in [-0.39, 0.29) is 6.04 Å². The zero-order chi connectivity index (χ0) is 14.1. The fraction of sp³-hybridized carbons (Fsp3) is 0.188. The summed E-state index contributed by atoms with van der Waals surface area (Å²) in [5.74, 6) is 0. The zero-order valence-electron chi connectivity index (χ0n) is 11.3. The number of fused-ring (bicyclic) bond motifs is 1.